The van der Waals surface area contributed by atoms with Gasteiger partial charge in [0.15, 0.2) is 5.16 Å². The maximum Gasteiger partial charge on any atom is 0.320 e. The summed E-state index contributed by atoms with van der Waals surface area (Å²) in [7, 11) is 0. The molecule has 1 aromatic heterocycles. The van der Waals surface area contributed by atoms with E-state index in [1.54, 1.807) is 24.2 Å². The van der Waals surface area contributed by atoms with Crippen molar-refractivity contribution in [1.29, 1.82) is 0 Å². The molecule has 2 aromatic rings. The van der Waals surface area contributed by atoms with Gasteiger partial charge in [0, 0.05) is 18.1 Å². The van der Waals surface area contributed by atoms with E-state index >= 15 is 0 Å². The largest absolute Gasteiger partial charge is 0.480 e. The number of hydrogen-bond acceptors (Lipinski definition) is 4. The molecule has 0 saturated carbocycles. The third-order valence-corrected chi connectivity index (χ3v) is 3.59. The average molecular weight is 277 g/mol. The lowest BCUT2D eigenvalue weighted by atomic mass is 10.0. The van der Waals surface area contributed by atoms with Gasteiger partial charge < -0.3 is 15.8 Å². The fourth-order valence-corrected chi connectivity index (χ4v) is 2.44. The Morgan fingerprint density at radius 3 is 2.95 bits per heavy atom. The second kappa shape index (κ2) is 6.40. The van der Waals surface area contributed by atoms with Crippen LogP contribution in [0.1, 0.15) is 11.1 Å². The second-order valence-corrected chi connectivity index (χ2v) is 5.12. The van der Waals surface area contributed by atoms with Gasteiger partial charge in [-0.2, -0.15) is 0 Å². The van der Waals surface area contributed by atoms with Crippen molar-refractivity contribution in [2.75, 3.05) is 0 Å². The monoisotopic (exact) mass is 277 g/mol. The molecule has 0 aliphatic carbocycles. The van der Waals surface area contributed by atoms with E-state index in [9.17, 15) is 4.79 Å². The molecule has 1 unspecified atom stereocenters. The maximum atomic E-state index is 10.7. The molecule has 2 rings (SSSR count). The SMILES string of the molecule is NC(Cc1cccc(CSc2ncc[nH]2)c1)C(=O)O. The number of nitrogens with two attached hydrogens (primary N) is 1. The lowest BCUT2D eigenvalue weighted by molar-refractivity contribution is -0.138. The summed E-state index contributed by atoms with van der Waals surface area (Å²) >= 11 is 1.60. The first kappa shape index (κ1) is 13.6. The lowest BCUT2D eigenvalue weighted by Crippen LogP contribution is -2.32. The summed E-state index contributed by atoms with van der Waals surface area (Å²) in [5.74, 6) is -0.195. The molecule has 0 saturated heterocycles. The molecule has 5 nitrogen and oxygen atoms in total. The number of H-pyrrole nitrogens is 1. The molecule has 0 spiro atoms. The predicted octanol–water partition coefficient (Wildman–Crippen LogP) is 1.66. The molecular weight excluding hydrogens is 262 g/mol. The molecule has 1 atom stereocenters. The van der Waals surface area contributed by atoms with Crippen LogP contribution in [0.4, 0.5) is 0 Å². The zero-order chi connectivity index (χ0) is 13.7. The van der Waals surface area contributed by atoms with Crippen LogP contribution in [0.15, 0.2) is 41.8 Å². The van der Waals surface area contributed by atoms with Crippen LogP contribution in [0.3, 0.4) is 0 Å². The van der Waals surface area contributed by atoms with Crippen LogP contribution >= 0.6 is 11.8 Å². The highest BCUT2D eigenvalue weighted by Gasteiger charge is 2.12. The summed E-state index contributed by atoms with van der Waals surface area (Å²) in [5.41, 5.74) is 7.59. The van der Waals surface area contributed by atoms with Crippen molar-refractivity contribution in [3.05, 3.63) is 47.8 Å². The van der Waals surface area contributed by atoms with Crippen LogP contribution in [0, 0.1) is 0 Å². The summed E-state index contributed by atoms with van der Waals surface area (Å²) in [6.45, 7) is 0. The predicted molar refractivity (Wildman–Crippen MR) is 73.9 cm³/mol. The number of nitrogens with zero attached hydrogens (tertiary/aromatic N) is 1. The van der Waals surface area contributed by atoms with Gasteiger partial charge in [0.2, 0.25) is 0 Å². The van der Waals surface area contributed by atoms with Crippen molar-refractivity contribution >= 4 is 17.7 Å². The molecule has 0 aliphatic heterocycles. The minimum Gasteiger partial charge on any atom is -0.480 e. The minimum absolute atomic E-state index is 0.342. The molecule has 100 valence electrons. The fraction of sp³-hybridized carbons (Fsp3) is 0.231. The van der Waals surface area contributed by atoms with Crippen molar-refractivity contribution in [2.45, 2.75) is 23.4 Å². The van der Waals surface area contributed by atoms with Gasteiger partial charge in [-0.25, -0.2) is 4.98 Å². The number of carboxylic acids is 1. The van der Waals surface area contributed by atoms with Gasteiger partial charge in [-0.3, -0.25) is 4.79 Å². The molecule has 0 radical (unpaired) electrons. The summed E-state index contributed by atoms with van der Waals surface area (Å²) in [4.78, 5) is 17.9. The number of benzene rings is 1. The van der Waals surface area contributed by atoms with Gasteiger partial charge in [-0.15, -0.1) is 0 Å². The van der Waals surface area contributed by atoms with Crippen LogP contribution in [0.25, 0.3) is 0 Å². The van der Waals surface area contributed by atoms with Gasteiger partial charge in [0.1, 0.15) is 6.04 Å². The summed E-state index contributed by atoms with van der Waals surface area (Å²) < 4.78 is 0. The van der Waals surface area contributed by atoms with Crippen LogP contribution < -0.4 is 5.73 Å². The Morgan fingerprint density at radius 1 is 1.47 bits per heavy atom. The number of carbonyl (C=O) groups is 1. The number of aliphatic carboxylic acids is 1. The van der Waals surface area contributed by atoms with Crippen molar-refractivity contribution < 1.29 is 9.90 Å². The van der Waals surface area contributed by atoms with E-state index in [0.29, 0.717) is 6.42 Å². The van der Waals surface area contributed by atoms with Crippen LogP contribution in [-0.4, -0.2) is 27.1 Å². The molecule has 0 amide bonds. The van der Waals surface area contributed by atoms with Crippen LogP contribution in [0.5, 0.6) is 0 Å². The summed E-state index contributed by atoms with van der Waals surface area (Å²) in [5, 5.41) is 9.67. The van der Waals surface area contributed by atoms with Crippen molar-refractivity contribution in [2.24, 2.45) is 5.73 Å². The lowest BCUT2D eigenvalue weighted by Gasteiger charge is -2.08. The number of carboxylic acid groups (broad SMARTS) is 1. The Kier molecular flexibility index (Phi) is 4.59. The van der Waals surface area contributed by atoms with Crippen LogP contribution in [0.2, 0.25) is 0 Å². The Hall–Kier alpha value is -1.79. The second-order valence-electron chi connectivity index (χ2n) is 4.15. The number of aromatic amines is 1. The Labute approximate surface area is 115 Å². The smallest absolute Gasteiger partial charge is 0.320 e. The normalized spacial score (nSPS) is 12.3. The van der Waals surface area contributed by atoms with E-state index in [-0.39, 0.29) is 0 Å². The number of rotatable bonds is 6. The third kappa shape index (κ3) is 4.11. The van der Waals surface area contributed by atoms with Gasteiger partial charge in [-0.05, 0) is 17.5 Å². The molecule has 0 aliphatic rings. The molecule has 1 aromatic carbocycles. The van der Waals surface area contributed by atoms with E-state index in [0.717, 1.165) is 22.0 Å². The summed E-state index contributed by atoms with van der Waals surface area (Å²) in [6.07, 6.45) is 3.84. The minimum atomic E-state index is -0.977. The van der Waals surface area contributed by atoms with E-state index in [1.807, 2.05) is 24.3 Å². The first-order valence-electron chi connectivity index (χ1n) is 5.83. The molecule has 0 fully saturated rings. The zero-order valence-corrected chi connectivity index (χ0v) is 11.1. The first-order valence-corrected chi connectivity index (χ1v) is 6.82. The zero-order valence-electron chi connectivity index (χ0n) is 10.2. The van der Waals surface area contributed by atoms with E-state index in [2.05, 4.69) is 9.97 Å². The van der Waals surface area contributed by atoms with E-state index < -0.39 is 12.0 Å². The van der Waals surface area contributed by atoms with Gasteiger partial charge >= 0.3 is 5.97 Å². The number of aromatic nitrogens is 2. The Balaban J connectivity index is 1.96. The van der Waals surface area contributed by atoms with Crippen molar-refractivity contribution in [3.63, 3.8) is 0 Å². The quantitative estimate of drug-likeness (QED) is 0.698. The Bertz CT molecular complexity index is 543. The first-order chi connectivity index (χ1) is 9.15. The third-order valence-electron chi connectivity index (χ3n) is 2.61. The Morgan fingerprint density at radius 2 is 2.26 bits per heavy atom. The molecule has 4 N–H and O–H groups in total. The van der Waals surface area contributed by atoms with Crippen LogP contribution in [-0.2, 0) is 17.0 Å². The molecular formula is C13H15N3O2S. The fourth-order valence-electron chi connectivity index (χ4n) is 1.67. The van der Waals surface area contributed by atoms with Crippen molar-refractivity contribution in [1.82, 2.24) is 9.97 Å². The van der Waals surface area contributed by atoms with Crippen molar-refractivity contribution in [3.8, 4) is 0 Å². The van der Waals surface area contributed by atoms with E-state index in [1.165, 1.54) is 0 Å². The number of hydrogen-bond donors (Lipinski definition) is 3. The molecule has 19 heavy (non-hydrogen) atoms. The van der Waals surface area contributed by atoms with Gasteiger partial charge in [0.25, 0.3) is 0 Å². The molecule has 6 heteroatoms. The highest BCUT2D eigenvalue weighted by atomic mass is 32.2. The average Bonchev–Trinajstić information content (AvgIpc) is 2.90. The number of imidazole rings is 1. The van der Waals surface area contributed by atoms with Gasteiger partial charge in [0.05, 0.1) is 0 Å². The number of nitrogens with one attached hydrogen (secondary N) is 1. The standard InChI is InChI=1S/C13H15N3O2S/c14-11(12(17)18)7-9-2-1-3-10(6-9)8-19-13-15-4-5-16-13/h1-6,11H,7-8,14H2,(H,15,16)(H,17,18). The summed E-state index contributed by atoms with van der Waals surface area (Å²) in [6, 6.07) is 6.95. The molecule has 1 heterocycles. The topological polar surface area (TPSA) is 92.0 Å². The van der Waals surface area contributed by atoms with Gasteiger partial charge in [-0.1, -0.05) is 36.0 Å². The van der Waals surface area contributed by atoms with E-state index in [4.69, 9.17) is 10.8 Å². The molecule has 0 bridgehead atoms. The number of thioether (sulfide) groups is 1. The maximum absolute atomic E-state index is 10.7. The highest BCUT2D eigenvalue weighted by Crippen LogP contribution is 2.19. The highest BCUT2D eigenvalue weighted by molar-refractivity contribution is 7.98.